The molecule has 2 heterocycles. The minimum Gasteiger partial charge on any atom is -0.496 e. The van der Waals surface area contributed by atoms with Gasteiger partial charge in [0.2, 0.25) is 0 Å². The summed E-state index contributed by atoms with van der Waals surface area (Å²) in [5, 5.41) is 1.64. The number of halogens is 1. The van der Waals surface area contributed by atoms with Crippen LogP contribution in [0.25, 0.3) is 10.8 Å². The molecule has 2 aromatic rings. The van der Waals surface area contributed by atoms with Crippen molar-refractivity contribution in [2.75, 3.05) is 13.7 Å². The van der Waals surface area contributed by atoms with Crippen LogP contribution in [-0.2, 0) is 4.79 Å². The van der Waals surface area contributed by atoms with Crippen LogP contribution in [0.5, 0.6) is 5.75 Å². The van der Waals surface area contributed by atoms with E-state index in [-0.39, 0.29) is 28.6 Å². The largest absolute Gasteiger partial charge is 0.496 e. The van der Waals surface area contributed by atoms with E-state index in [4.69, 9.17) is 16.3 Å². The number of nitrogens with zero attached hydrogens (tertiary/aromatic N) is 2. The molecule has 0 saturated carbocycles. The lowest BCUT2D eigenvalue weighted by molar-refractivity contribution is -0.122. The molecule has 1 aromatic carbocycles. The highest BCUT2D eigenvalue weighted by Crippen LogP contribution is 2.31. The number of ether oxygens (including phenoxy) is 1. The summed E-state index contributed by atoms with van der Waals surface area (Å²) in [5.41, 5.74) is 0.268. The number of hydrogen-bond acceptors (Lipinski definition) is 4. The Labute approximate surface area is 145 Å². The maximum atomic E-state index is 13.1. The number of pyridine rings is 1. The lowest BCUT2D eigenvalue weighted by Crippen LogP contribution is -2.47. The van der Waals surface area contributed by atoms with Crippen molar-refractivity contribution < 1.29 is 14.3 Å². The Bertz CT molecular complexity index is 806. The van der Waals surface area contributed by atoms with Crippen LogP contribution in [0, 0.1) is 0 Å². The van der Waals surface area contributed by atoms with Gasteiger partial charge in [-0.1, -0.05) is 23.7 Å². The van der Waals surface area contributed by atoms with Crippen molar-refractivity contribution in [3.8, 4) is 5.75 Å². The summed E-state index contributed by atoms with van der Waals surface area (Å²) in [4.78, 5) is 30.9. The van der Waals surface area contributed by atoms with Crippen LogP contribution in [0.3, 0.4) is 0 Å². The Morgan fingerprint density at radius 3 is 2.79 bits per heavy atom. The number of amides is 1. The number of likely N-dealkylation sites (tertiary alicyclic amines) is 1. The van der Waals surface area contributed by atoms with E-state index in [9.17, 15) is 9.59 Å². The summed E-state index contributed by atoms with van der Waals surface area (Å²) in [5.74, 6) is 0.384. The number of Topliss-reactive ketones (excluding diaryl/α,β-unsaturated/α-hetero) is 1. The molecule has 24 heavy (non-hydrogen) atoms. The fraction of sp³-hybridized carbons (Fsp3) is 0.389. The predicted molar refractivity (Wildman–Crippen MR) is 92.7 cm³/mol. The standard InChI is InChI=1S/C18H19ClN2O3/c1-11(22)14-7-3-4-9-21(14)18(23)17-12-6-5-8-15(24-2)13(12)10-16(19)20-17/h5-6,8,10,14H,3-4,7,9H2,1-2H3/t14-/m0/s1. The Hall–Kier alpha value is -2.14. The van der Waals surface area contributed by atoms with Gasteiger partial charge in [0.1, 0.15) is 16.6 Å². The second kappa shape index (κ2) is 6.77. The molecule has 0 unspecified atom stereocenters. The molecule has 126 valence electrons. The fourth-order valence-electron chi connectivity index (χ4n) is 3.29. The summed E-state index contributed by atoms with van der Waals surface area (Å²) in [6.45, 7) is 2.09. The van der Waals surface area contributed by atoms with Crippen LogP contribution in [-0.4, -0.2) is 41.3 Å². The van der Waals surface area contributed by atoms with Crippen LogP contribution in [0.4, 0.5) is 0 Å². The normalized spacial score (nSPS) is 17.8. The van der Waals surface area contributed by atoms with Gasteiger partial charge >= 0.3 is 0 Å². The third kappa shape index (κ3) is 2.96. The molecule has 1 aromatic heterocycles. The van der Waals surface area contributed by atoms with E-state index >= 15 is 0 Å². The monoisotopic (exact) mass is 346 g/mol. The molecule has 3 rings (SSSR count). The molecule has 1 aliphatic heterocycles. The first kappa shape index (κ1) is 16.7. The lowest BCUT2D eigenvalue weighted by atomic mass is 9.98. The van der Waals surface area contributed by atoms with E-state index in [1.165, 1.54) is 6.92 Å². The van der Waals surface area contributed by atoms with Gasteiger partial charge in [0.15, 0.2) is 5.78 Å². The first-order chi connectivity index (χ1) is 11.5. The van der Waals surface area contributed by atoms with E-state index in [2.05, 4.69) is 4.98 Å². The summed E-state index contributed by atoms with van der Waals surface area (Å²) in [7, 11) is 1.57. The van der Waals surface area contributed by atoms with Crippen molar-refractivity contribution in [1.29, 1.82) is 0 Å². The van der Waals surface area contributed by atoms with E-state index in [1.807, 2.05) is 18.2 Å². The molecule has 0 bridgehead atoms. The Balaban J connectivity index is 2.11. The van der Waals surface area contributed by atoms with Crippen LogP contribution in [0.1, 0.15) is 36.7 Å². The van der Waals surface area contributed by atoms with Crippen LogP contribution in [0.15, 0.2) is 24.3 Å². The Morgan fingerprint density at radius 2 is 2.08 bits per heavy atom. The molecule has 0 N–H and O–H groups in total. The van der Waals surface area contributed by atoms with Crippen LogP contribution in [0.2, 0.25) is 5.15 Å². The van der Waals surface area contributed by atoms with Gasteiger partial charge < -0.3 is 9.64 Å². The molecule has 0 radical (unpaired) electrons. The number of piperidine rings is 1. The van der Waals surface area contributed by atoms with Crippen LogP contribution < -0.4 is 4.74 Å². The highest BCUT2D eigenvalue weighted by atomic mass is 35.5. The molecule has 0 spiro atoms. The number of carbonyl (C=O) groups is 2. The summed E-state index contributed by atoms with van der Waals surface area (Å²) < 4.78 is 5.36. The molecular weight excluding hydrogens is 328 g/mol. The van der Waals surface area contributed by atoms with E-state index < -0.39 is 0 Å². The second-order valence-electron chi connectivity index (χ2n) is 5.97. The molecule has 0 aliphatic carbocycles. The molecule has 1 fully saturated rings. The number of aromatic nitrogens is 1. The van der Waals surface area contributed by atoms with Gasteiger partial charge in [0, 0.05) is 17.3 Å². The zero-order valence-electron chi connectivity index (χ0n) is 13.7. The Kier molecular flexibility index (Phi) is 4.71. The highest BCUT2D eigenvalue weighted by molar-refractivity contribution is 6.30. The molecular formula is C18H19ClN2O3. The Morgan fingerprint density at radius 1 is 1.29 bits per heavy atom. The number of rotatable bonds is 3. The molecule has 6 heteroatoms. The first-order valence-corrected chi connectivity index (χ1v) is 8.35. The number of fused-ring (bicyclic) bond motifs is 1. The number of hydrogen-bond donors (Lipinski definition) is 0. The van der Waals surface area contributed by atoms with Gasteiger partial charge in [-0.2, -0.15) is 0 Å². The van der Waals surface area contributed by atoms with Gasteiger partial charge in [-0.05, 0) is 38.3 Å². The summed E-state index contributed by atoms with van der Waals surface area (Å²) >= 11 is 6.13. The van der Waals surface area contributed by atoms with Gasteiger partial charge in [0.25, 0.3) is 5.91 Å². The van der Waals surface area contributed by atoms with Gasteiger partial charge in [0.05, 0.1) is 13.2 Å². The van der Waals surface area contributed by atoms with Crippen molar-refractivity contribution >= 4 is 34.1 Å². The van der Waals surface area contributed by atoms with Gasteiger partial charge in [-0.25, -0.2) is 4.98 Å². The average molecular weight is 347 g/mol. The quantitative estimate of drug-likeness (QED) is 0.798. The van der Waals surface area contributed by atoms with Crippen molar-refractivity contribution in [2.24, 2.45) is 0 Å². The third-order valence-corrected chi connectivity index (χ3v) is 4.65. The van der Waals surface area contributed by atoms with E-state index in [0.29, 0.717) is 24.1 Å². The molecule has 1 amide bonds. The topological polar surface area (TPSA) is 59.5 Å². The van der Waals surface area contributed by atoms with E-state index in [1.54, 1.807) is 18.1 Å². The smallest absolute Gasteiger partial charge is 0.273 e. The number of methoxy groups -OCH3 is 1. The molecule has 1 aliphatic rings. The highest BCUT2D eigenvalue weighted by Gasteiger charge is 2.32. The number of ketones is 1. The SMILES string of the molecule is COc1cccc2c(C(=O)N3CCCC[C@H]3C(C)=O)nc(Cl)cc12. The zero-order valence-corrected chi connectivity index (χ0v) is 14.5. The van der Waals surface area contributed by atoms with Crippen molar-refractivity contribution in [3.63, 3.8) is 0 Å². The molecule has 1 saturated heterocycles. The van der Waals surface area contributed by atoms with E-state index in [0.717, 1.165) is 18.2 Å². The minimum absolute atomic E-state index is 0.00645. The number of benzene rings is 1. The molecule has 1 atom stereocenters. The van der Waals surface area contributed by atoms with Crippen molar-refractivity contribution in [1.82, 2.24) is 9.88 Å². The molecule has 5 nitrogen and oxygen atoms in total. The predicted octanol–water partition coefficient (Wildman–Crippen LogP) is 3.48. The second-order valence-corrected chi connectivity index (χ2v) is 6.36. The number of carbonyl (C=O) groups excluding carboxylic acids is 2. The third-order valence-electron chi connectivity index (χ3n) is 4.46. The van der Waals surface area contributed by atoms with Crippen molar-refractivity contribution in [2.45, 2.75) is 32.2 Å². The maximum Gasteiger partial charge on any atom is 0.273 e. The average Bonchev–Trinajstić information content (AvgIpc) is 2.59. The van der Waals surface area contributed by atoms with Crippen molar-refractivity contribution in [3.05, 3.63) is 35.1 Å². The van der Waals surface area contributed by atoms with Crippen LogP contribution >= 0.6 is 11.6 Å². The fourth-order valence-corrected chi connectivity index (χ4v) is 3.49. The maximum absolute atomic E-state index is 13.1. The summed E-state index contributed by atoms with van der Waals surface area (Å²) in [6, 6.07) is 6.75. The minimum atomic E-state index is -0.382. The first-order valence-electron chi connectivity index (χ1n) is 7.97. The van der Waals surface area contributed by atoms with Gasteiger partial charge in [-0.15, -0.1) is 0 Å². The van der Waals surface area contributed by atoms with Gasteiger partial charge in [-0.3, -0.25) is 9.59 Å². The summed E-state index contributed by atoms with van der Waals surface area (Å²) in [6.07, 6.45) is 2.53. The zero-order chi connectivity index (χ0) is 17.3. The lowest BCUT2D eigenvalue weighted by Gasteiger charge is -2.34.